The highest BCUT2D eigenvalue weighted by Gasteiger charge is 2.48. The minimum atomic E-state index is -2.03. The summed E-state index contributed by atoms with van der Waals surface area (Å²) in [6.07, 6.45) is 2.00. The Morgan fingerprint density at radius 2 is 1.22 bits per heavy atom. The monoisotopic (exact) mass is 563 g/mol. The molecule has 0 amide bonds. The van der Waals surface area contributed by atoms with Gasteiger partial charge in [-0.05, 0) is 59.3 Å². The molecule has 0 spiro atoms. The predicted octanol–water partition coefficient (Wildman–Crippen LogP) is 8.43. The predicted molar refractivity (Wildman–Crippen MR) is 173 cm³/mol. The topological polar surface area (TPSA) is 32.7 Å². The molecule has 1 aliphatic heterocycles. The normalized spacial score (nSPS) is 17.4. The van der Waals surface area contributed by atoms with Gasteiger partial charge in [0.05, 0.1) is 11.6 Å². The highest BCUT2D eigenvalue weighted by Crippen LogP contribution is 2.47. The molecule has 4 heteroatoms. The Morgan fingerprint density at radius 1 is 0.756 bits per heavy atom. The fourth-order valence-electron chi connectivity index (χ4n) is 6.21. The largest absolute Gasteiger partial charge is 0.543 e. The summed E-state index contributed by atoms with van der Waals surface area (Å²) in [5.74, 6) is 0.920. The van der Waals surface area contributed by atoms with Crippen LogP contribution in [0.3, 0.4) is 0 Å². The van der Waals surface area contributed by atoms with E-state index in [0.717, 1.165) is 30.7 Å². The van der Waals surface area contributed by atoms with Gasteiger partial charge >= 0.3 is 0 Å². The van der Waals surface area contributed by atoms with Gasteiger partial charge < -0.3 is 9.53 Å². The highest BCUT2D eigenvalue weighted by molar-refractivity contribution is 6.74. The molecule has 0 bridgehead atoms. The van der Waals surface area contributed by atoms with Crippen molar-refractivity contribution in [1.29, 1.82) is 0 Å². The Morgan fingerprint density at radius 3 is 1.71 bits per heavy atom. The van der Waals surface area contributed by atoms with Crippen molar-refractivity contribution >= 4 is 8.32 Å². The summed E-state index contributed by atoms with van der Waals surface area (Å²) in [4.78, 5) is 2.58. The van der Waals surface area contributed by atoms with Crippen molar-refractivity contribution in [2.24, 2.45) is 0 Å². The second-order valence-electron chi connectivity index (χ2n) is 13.0. The molecule has 2 atom stereocenters. The van der Waals surface area contributed by atoms with Crippen LogP contribution in [0.1, 0.15) is 55.9 Å². The summed E-state index contributed by atoms with van der Waals surface area (Å²) < 4.78 is 6.78. The second-order valence-corrected chi connectivity index (χ2v) is 17.7. The fourth-order valence-corrected chi connectivity index (χ4v) is 7.26. The van der Waals surface area contributed by atoms with Crippen LogP contribution in [0.5, 0.6) is 5.75 Å². The van der Waals surface area contributed by atoms with Crippen LogP contribution in [-0.4, -0.2) is 37.0 Å². The maximum atomic E-state index is 12.1. The molecule has 4 aromatic carbocycles. The lowest BCUT2D eigenvalue weighted by Crippen LogP contribution is -2.54. The molecule has 0 aliphatic carbocycles. The molecule has 0 aromatic heterocycles. The smallest absolute Gasteiger partial charge is 0.250 e. The molecule has 1 aliphatic rings. The molecule has 0 radical (unpaired) electrons. The van der Waals surface area contributed by atoms with Gasteiger partial charge in [0.25, 0.3) is 0 Å². The quantitative estimate of drug-likeness (QED) is 0.164. The summed E-state index contributed by atoms with van der Waals surface area (Å²) in [6.45, 7) is 12.3. The molecule has 1 fully saturated rings. The van der Waals surface area contributed by atoms with Crippen molar-refractivity contribution in [1.82, 2.24) is 4.90 Å². The van der Waals surface area contributed by atoms with Crippen molar-refractivity contribution in [3.63, 3.8) is 0 Å². The summed E-state index contributed by atoms with van der Waals surface area (Å²) >= 11 is 0. The molecule has 1 N–H and O–H groups in total. The van der Waals surface area contributed by atoms with Gasteiger partial charge in [0, 0.05) is 19.0 Å². The van der Waals surface area contributed by atoms with Crippen molar-refractivity contribution in [2.75, 3.05) is 6.54 Å². The van der Waals surface area contributed by atoms with E-state index in [4.69, 9.17) is 4.43 Å². The third kappa shape index (κ3) is 5.79. The molecule has 214 valence electrons. The van der Waals surface area contributed by atoms with Crippen LogP contribution in [0, 0.1) is 0 Å². The first-order valence-electron chi connectivity index (χ1n) is 15.0. The molecule has 0 unspecified atom stereocenters. The number of aliphatic hydroxyl groups is 1. The van der Waals surface area contributed by atoms with Gasteiger partial charge in [0.1, 0.15) is 5.75 Å². The first-order chi connectivity index (χ1) is 19.6. The molecule has 4 aromatic rings. The lowest BCUT2D eigenvalue weighted by atomic mass is 9.74. The maximum absolute atomic E-state index is 12.1. The standard InChI is InChI=1S/C37H45NO2Si/c1-36(2,3)41(4,5)40-35-26-16-15-18-29(35)28-34(39)33-25-17-27-38(33)37(30-19-9-6-10-20-30,31-21-11-7-12-22-31)32-23-13-8-14-24-32/h6-16,18-24,26,33-34,39H,17,25,27-28H2,1-5H3/t33-,34+/m0/s1. The lowest BCUT2D eigenvalue weighted by molar-refractivity contribution is 0.0335. The zero-order valence-electron chi connectivity index (χ0n) is 25.3. The number of hydrogen-bond acceptors (Lipinski definition) is 3. The van der Waals surface area contributed by atoms with Crippen LogP contribution in [0.4, 0.5) is 0 Å². The first-order valence-corrected chi connectivity index (χ1v) is 17.9. The summed E-state index contributed by atoms with van der Waals surface area (Å²) in [6, 6.07) is 40.8. The van der Waals surface area contributed by atoms with Crippen LogP contribution in [-0.2, 0) is 12.0 Å². The molecule has 1 saturated heterocycles. The van der Waals surface area contributed by atoms with Crippen LogP contribution in [0.25, 0.3) is 0 Å². The number of benzene rings is 4. The van der Waals surface area contributed by atoms with E-state index in [1.807, 2.05) is 6.07 Å². The van der Waals surface area contributed by atoms with E-state index in [1.54, 1.807) is 0 Å². The third-order valence-electron chi connectivity index (χ3n) is 9.32. The third-order valence-corrected chi connectivity index (χ3v) is 13.7. The molecule has 1 heterocycles. The average molecular weight is 564 g/mol. The number of para-hydroxylation sites is 1. The Balaban J connectivity index is 1.57. The molecule has 3 nitrogen and oxygen atoms in total. The van der Waals surface area contributed by atoms with Crippen molar-refractivity contribution in [3.05, 3.63) is 138 Å². The molecule has 5 rings (SSSR count). The second kappa shape index (κ2) is 12.0. The summed E-state index contributed by atoms with van der Waals surface area (Å²) in [5.41, 5.74) is 4.22. The zero-order chi connectivity index (χ0) is 29.1. The Bertz CT molecular complexity index is 1300. The number of likely N-dealkylation sites (tertiary alicyclic amines) is 1. The van der Waals surface area contributed by atoms with Crippen molar-refractivity contribution < 1.29 is 9.53 Å². The Hall–Kier alpha value is -3.18. The van der Waals surface area contributed by atoms with Crippen molar-refractivity contribution in [2.45, 2.75) is 75.9 Å². The van der Waals surface area contributed by atoms with E-state index in [1.165, 1.54) is 16.7 Å². The molecular formula is C37H45NO2Si. The number of aliphatic hydroxyl groups excluding tert-OH is 1. The van der Waals surface area contributed by atoms with Crippen LogP contribution in [0.2, 0.25) is 18.1 Å². The zero-order valence-corrected chi connectivity index (χ0v) is 26.3. The Labute approximate surface area is 248 Å². The van der Waals surface area contributed by atoms with Crippen LogP contribution >= 0.6 is 0 Å². The molecule has 41 heavy (non-hydrogen) atoms. The van der Waals surface area contributed by atoms with Gasteiger partial charge in [0.2, 0.25) is 8.32 Å². The number of rotatable bonds is 9. The van der Waals surface area contributed by atoms with E-state index < -0.39 is 20.0 Å². The van der Waals surface area contributed by atoms with E-state index in [9.17, 15) is 5.11 Å². The summed E-state index contributed by atoms with van der Waals surface area (Å²) in [5, 5.41) is 12.2. The van der Waals surface area contributed by atoms with E-state index in [2.05, 4.69) is 148 Å². The van der Waals surface area contributed by atoms with Gasteiger partial charge in [0.15, 0.2) is 0 Å². The van der Waals surface area contributed by atoms with Gasteiger partial charge in [-0.2, -0.15) is 0 Å². The Kier molecular flexibility index (Phi) is 8.56. The summed E-state index contributed by atoms with van der Waals surface area (Å²) in [7, 11) is -2.03. The van der Waals surface area contributed by atoms with Gasteiger partial charge in [-0.1, -0.05) is 130 Å². The van der Waals surface area contributed by atoms with Gasteiger partial charge in [-0.25, -0.2) is 0 Å². The highest BCUT2D eigenvalue weighted by atomic mass is 28.4. The maximum Gasteiger partial charge on any atom is 0.250 e. The van der Waals surface area contributed by atoms with Gasteiger partial charge in [-0.3, -0.25) is 4.90 Å². The number of hydrogen-bond donors (Lipinski definition) is 1. The van der Waals surface area contributed by atoms with E-state index >= 15 is 0 Å². The SMILES string of the molecule is CC(C)(C)[Si](C)(C)Oc1ccccc1C[C@@H](O)[C@@H]1CCCN1C(c1ccccc1)(c1ccccc1)c1ccccc1. The lowest BCUT2D eigenvalue weighted by Gasteiger charge is -2.47. The fraction of sp³-hybridized carbons (Fsp3) is 0.351. The van der Waals surface area contributed by atoms with Crippen LogP contribution in [0.15, 0.2) is 115 Å². The van der Waals surface area contributed by atoms with Gasteiger partial charge in [-0.15, -0.1) is 0 Å². The average Bonchev–Trinajstić information content (AvgIpc) is 3.46. The minimum absolute atomic E-state index is 0.0171. The minimum Gasteiger partial charge on any atom is -0.543 e. The molecule has 0 saturated carbocycles. The number of nitrogens with zero attached hydrogens (tertiary/aromatic N) is 1. The van der Waals surface area contributed by atoms with E-state index in [0.29, 0.717) is 6.42 Å². The molecular weight excluding hydrogens is 518 g/mol. The van der Waals surface area contributed by atoms with E-state index in [-0.39, 0.29) is 11.1 Å². The van der Waals surface area contributed by atoms with Crippen molar-refractivity contribution in [3.8, 4) is 5.75 Å². The van der Waals surface area contributed by atoms with Crippen LogP contribution < -0.4 is 4.43 Å². The first kappa shape index (κ1) is 29.3.